The van der Waals surface area contributed by atoms with Gasteiger partial charge in [0.15, 0.2) is 10.1 Å². The first-order chi connectivity index (χ1) is 11.9. The lowest BCUT2D eigenvalue weighted by Crippen LogP contribution is -2.15. The molecule has 0 saturated heterocycles. The van der Waals surface area contributed by atoms with E-state index < -0.39 is 10.0 Å². The van der Waals surface area contributed by atoms with Gasteiger partial charge in [-0.15, -0.1) is 11.3 Å². The number of nitrogens with zero attached hydrogens (tertiary/aromatic N) is 3. The van der Waals surface area contributed by atoms with Crippen molar-refractivity contribution in [2.45, 2.75) is 18.4 Å². The predicted octanol–water partition coefficient (Wildman–Crippen LogP) is 3.05. The maximum atomic E-state index is 13.4. The quantitative estimate of drug-likeness (QED) is 0.576. The molecular weight excluding hydrogens is 380 g/mol. The lowest BCUT2D eigenvalue weighted by Gasteiger charge is -2.08. The average Bonchev–Trinajstić information content (AvgIpc) is 3.21. The van der Waals surface area contributed by atoms with Crippen LogP contribution in [-0.4, -0.2) is 28.3 Å². The number of thiazole rings is 1. The summed E-state index contributed by atoms with van der Waals surface area (Å²) in [7, 11) is -3.92. The molecule has 3 heterocycles. The Morgan fingerprint density at radius 1 is 1.36 bits per heavy atom. The van der Waals surface area contributed by atoms with Crippen LogP contribution in [0.3, 0.4) is 0 Å². The van der Waals surface area contributed by atoms with E-state index in [1.165, 1.54) is 19.7 Å². The van der Waals surface area contributed by atoms with Crippen LogP contribution in [0.5, 0.6) is 0 Å². The molecule has 0 atom stereocenters. The number of benzene rings is 1. The Labute approximate surface area is 153 Å². The van der Waals surface area contributed by atoms with Gasteiger partial charge in [0.25, 0.3) is 10.0 Å². The van der Waals surface area contributed by atoms with E-state index in [1.807, 2.05) is 25.1 Å². The number of aromatic nitrogens is 3. The summed E-state index contributed by atoms with van der Waals surface area (Å²) >= 11 is 7.50. The molecule has 0 unspecified atom stereocenters. The Hall–Kier alpha value is -1.87. The second-order valence-corrected chi connectivity index (χ2v) is 8.69. The first kappa shape index (κ1) is 16.6. The second kappa shape index (κ2) is 5.84. The fourth-order valence-corrected chi connectivity index (χ4v) is 5.97. The molecule has 0 amide bonds. The van der Waals surface area contributed by atoms with E-state index in [4.69, 9.17) is 17.3 Å². The van der Waals surface area contributed by atoms with Gasteiger partial charge in [0.05, 0.1) is 5.52 Å². The number of aryl methyl sites for hydroxylation is 1. The summed E-state index contributed by atoms with van der Waals surface area (Å²) in [5.41, 5.74) is 8.10. The molecule has 9 heteroatoms. The Kier molecular flexibility index (Phi) is 3.88. The highest BCUT2D eigenvalue weighted by Crippen LogP contribution is 2.32. The minimum absolute atomic E-state index is 0.0233. The van der Waals surface area contributed by atoms with Crippen molar-refractivity contribution in [1.29, 1.82) is 0 Å². The number of para-hydroxylation sites is 1. The van der Waals surface area contributed by atoms with Gasteiger partial charge in [0.1, 0.15) is 0 Å². The summed E-state index contributed by atoms with van der Waals surface area (Å²) in [5, 5.41) is 2.61. The van der Waals surface area contributed by atoms with Gasteiger partial charge in [-0.2, -0.15) is 8.42 Å². The van der Waals surface area contributed by atoms with Gasteiger partial charge in [-0.1, -0.05) is 29.8 Å². The maximum absolute atomic E-state index is 13.4. The molecule has 3 aromatic heterocycles. The van der Waals surface area contributed by atoms with Crippen LogP contribution in [0.2, 0.25) is 5.15 Å². The number of imidazole rings is 1. The lowest BCUT2D eigenvalue weighted by atomic mass is 10.1. The van der Waals surface area contributed by atoms with Crippen LogP contribution in [0.4, 0.5) is 0 Å². The fourth-order valence-electron chi connectivity index (χ4n) is 3.09. The van der Waals surface area contributed by atoms with Crippen molar-refractivity contribution in [2.75, 3.05) is 6.54 Å². The van der Waals surface area contributed by atoms with Gasteiger partial charge in [-0.3, -0.25) is 4.40 Å². The summed E-state index contributed by atoms with van der Waals surface area (Å²) in [5.74, 6) is 0. The van der Waals surface area contributed by atoms with Crippen molar-refractivity contribution in [1.82, 2.24) is 13.4 Å². The van der Waals surface area contributed by atoms with Crippen molar-refractivity contribution >= 4 is 48.8 Å². The molecule has 0 bridgehead atoms. The van der Waals surface area contributed by atoms with E-state index in [2.05, 4.69) is 4.98 Å². The number of halogens is 1. The van der Waals surface area contributed by atoms with Crippen molar-refractivity contribution in [2.24, 2.45) is 5.73 Å². The zero-order valence-corrected chi connectivity index (χ0v) is 15.7. The minimum Gasteiger partial charge on any atom is -0.330 e. The van der Waals surface area contributed by atoms with Gasteiger partial charge in [-0.25, -0.2) is 8.96 Å². The van der Waals surface area contributed by atoms with Crippen LogP contribution >= 0.6 is 22.9 Å². The monoisotopic (exact) mass is 394 g/mol. The van der Waals surface area contributed by atoms with E-state index in [1.54, 1.807) is 17.8 Å². The fraction of sp³-hybridized carbons (Fsp3) is 0.188. The molecule has 0 spiro atoms. The van der Waals surface area contributed by atoms with Crippen LogP contribution in [0.15, 0.2) is 41.0 Å². The third-order valence-corrected chi connectivity index (χ3v) is 6.99. The summed E-state index contributed by atoms with van der Waals surface area (Å²) in [4.78, 5) is 4.69. The first-order valence-corrected chi connectivity index (χ1v) is 10.3. The Morgan fingerprint density at radius 2 is 2.16 bits per heavy atom. The molecule has 0 saturated carbocycles. The Bertz CT molecular complexity index is 1200. The van der Waals surface area contributed by atoms with Crippen LogP contribution < -0.4 is 5.73 Å². The maximum Gasteiger partial charge on any atom is 0.287 e. The highest BCUT2D eigenvalue weighted by atomic mass is 35.5. The third-order valence-electron chi connectivity index (χ3n) is 4.17. The molecule has 4 rings (SSSR count). The Balaban J connectivity index is 2.07. The zero-order valence-electron chi connectivity index (χ0n) is 13.3. The number of hydrogen-bond acceptors (Lipinski definition) is 5. The van der Waals surface area contributed by atoms with E-state index in [0.717, 1.165) is 16.5 Å². The summed E-state index contributed by atoms with van der Waals surface area (Å²) in [6.07, 6.45) is 3.89. The molecule has 25 heavy (non-hydrogen) atoms. The molecule has 0 aliphatic heterocycles. The van der Waals surface area contributed by atoms with E-state index in [0.29, 0.717) is 23.4 Å². The number of rotatable bonds is 4. The van der Waals surface area contributed by atoms with E-state index in [-0.39, 0.29) is 10.2 Å². The number of fused-ring (bicyclic) bond motifs is 2. The standard InChI is InChI=1S/C16H15ClN4O2S2/c1-10-3-2-4-12-11(5-6-18)9-21(13(10)12)25(22,23)15-14(17)19-16-20(15)7-8-24-16/h2-4,7-9H,5-6,18H2,1H3. The van der Waals surface area contributed by atoms with Crippen molar-refractivity contribution < 1.29 is 8.42 Å². The van der Waals surface area contributed by atoms with Gasteiger partial charge < -0.3 is 5.73 Å². The summed E-state index contributed by atoms with van der Waals surface area (Å²) in [6, 6.07) is 5.72. The highest BCUT2D eigenvalue weighted by Gasteiger charge is 2.29. The van der Waals surface area contributed by atoms with Gasteiger partial charge in [-0.05, 0) is 31.0 Å². The molecular formula is C16H15ClN4O2S2. The molecule has 130 valence electrons. The van der Waals surface area contributed by atoms with Crippen LogP contribution in [0.1, 0.15) is 11.1 Å². The highest BCUT2D eigenvalue weighted by molar-refractivity contribution is 7.90. The molecule has 2 N–H and O–H groups in total. The molecule has 0 radical (unpaired) electrons. The van der Waals surface area contributed by atoms with Gasteiger partial charge in [0, 0.05) is 23.2 Å². The molecule has 0 aliphatic rings. The SMILES string of the molecule is Cc1cccc2c(CCN)cn(S(=O)(=O)c3c(Cl)nc4sccn34)c12. The molecule has 0 aliphatic carbocycles. The zero-order chi connectivity index (χ0) is 17.8. The number of hydrogen-bond donors (Lipinski definition) is 1. The van der Waals surface area contributed by atoms with E-state index >= 15 is 0 Å². The molecule has 4 aromatic rings. The second-order valence-electron chi connectivity index (χ2n) is 5.73. The lowest BCUT2D eigenvalue weighted by molar-refractivity contribution is 0.584. The van der Waals surface area contributed by atoms with Crippen LogP contribution in [-0.2, 0) is 16.4 Å². The molecule has 6 nitrogen and oxygen atoms in total. The van der Waals surface area contributed by atoms with Crippen LogP contribution in [0.25, 0.3) is 15.9 Å². The topological polar surface area (TPSA) is 82.4 Å². The van der Waals surface area contributed by atoms with Crippen molar-refractivity contribution in [3.05, 3.63) is 52.3 Å². The molecule has 0 fully saturated rings. The summed E-state index contributed by atoms with van der Waals surface area (Å²) < 4.78 is 29.6. The summed E-state index contributed by atoms with van der Waals surface area (Å²) in [6.45, 7) is 2.33. The van der Waals surface area contributed by atoms with Gasteiger partial charge >= 0.3 is 0 Å². The van der Waals surface area contributed by atoms with Crippen molar-refractivity contribution in [3.8, 4) is 0 Å². The minimum atomic E-state index is -3.92. The Morgan fingerprint density at radius 3 is 2.92 bits per heavy atom. The van der Waals surface area contributed by atoms with E-state index in [9.17, 15) is 8.42 Å². The van der Waals surface area contributed by atoms with Gasteiger partial charge in [0.2, 0.25) is 5.03 Å². The van der Waals surface area contributed by atoms with Crippen LogP contribution in [0, 0.1) is 6.92 Å². The largest absolute Gasteiger partial charge is 0.330 e. The number of nitrogens with two attached hydrogens (primary N) is 1. The molecule has 1 aromatic carbocycles. The third kappa shape index (κ3) is 2.40. The normalized spacial score (nSPS) is 12.4. The van der Waals surface area contributed by atoms with Crippen molar-refractivity contribution in [3.63, 3.8) is 0 Å². The predicted molar refractivity (Wildman–Crippen MR) is 100 cm³/mol. The average molecular weight is 395 g/mol. The first-order valence-electron chi connectivity index (χ1n) is 7.61. The smallest absolute Gasteiger partial charge is 0.287 e.